The van der Waals surface area contributed by atoms with E-state index in [4.69, 9.17) is 9.47 Å². The van der Waals surface area contributed by atoms with Crippen LogP contribution >= 0.6 is 0 Å². The van der Waals surface area contributed by atoms with Gasteiger partial charge in [0, 0.05) is 6.54 Å². The van der Waals surface area contributed by atoms with Crippen molar-refractivity contribution < 1.29 is 33.8 Å². The predicted molar refractivity (Wildman–Crippen MR) is 119 cm³/mol. The standard InChI is InChI=1S/C23H33N3O7/c1-23(2,3)33-22(31)26-18(16-11-12-16)19(27)25-17(20(28)29)10-7-13-24-21(30)32-14-15-8-5-4-6-9-15/h4-6,8-9,16-18H,7,10-14H2,1-3H3,(H,24,30)(H,25,27)(H,26,31)(H,28,29)/t17-,18-/m0/s1. The van der Waals surface area contributed by atoms with Crippen molar-refractivity contribution in [2.24, 2.45) is 5.92 Å². The number of hydrogen-bond acceptors (Lipinski definition) is 6. The van der Waals surface area contributed by atoms with Gasteiger partial charge in [-0.3, -0.25) is 4.79 Å². The Morgan fingerprint density at radius 2 is 1.73 bits per heavy atom. The van der Waals surface area contributed by atoms with Gasteiger partial charge in [-0.2, -0.15) is 0 Å². The summed E-state index contributed by atoms with van der Waals surface area (Å²) in [5, 5.41) is 17.1. The Morgan fingerprint density at radius 1 is 1.06 bits per heavy atom. The van der Waals surface area contributed by atoms with E-state index in [2.05, 4.69) is 16.0 Å². The van der Waals surface area contributed by atoms with Crippen LogP contribution in [0.3, 0.4) is 0 Å². The van der Waals surface area contributed by atoms with Crippen molar-refractivity contribution in [3.05, 3.63) is 35.9 Å². The smallest absolute Gasteiger partial charge is 0.408 e. The van der Waals surface area contributed by atoms with Crippen molar-refractivity contribution in [3.63, 3.8) is 0 Å². The molecule has 0 aromatic heterocycles. The molecule has 0 radical (unpaired) electrons. The second-order valence-corrected chi connectivity index (χ2v) is 8.99. The maximum absolute atomic E-state index is 12.7. The Balaban J connectivity index is 1.75. The van der Waals surface area contributed by atoms with Gasteiger partial charge in [0.05, 0.1) is 0 Å². The third kappa shape index (κ3) is 10.2. The lowest BCUT2D eigenvalue weighted by atomic mass is 10.1. The highest BCUT2D eigenvalue weighted by Gasteiger charge is 2.39. The average molecular weight is 464 g/mol. The number of carboxylic acid groups (broad SMARTS) is 1. The summed E-state index contributed by atoms with van der Waals surface area (Å²) < 4.78 is 10.3. The van der Waals surface area contributed by atoms with Crippen LogP contribution in [0.2, 0.25) is 0 Å². The van der Waals surface area contributed by atoms with Gasteiger partial charge in [0.2, 0.25) is 5.91 Å². The highest BCUT2D eigenvalue weighted by molar-refractivity contribution is 5.89. The SMILES string of the molecule is CC(C)(C)OC(=O)N[C@H](C(=O)N[C@@H](CCCNC(=O)OCc1ccccc1)C(=O)O)C1CC1. The van der Waals surface area contributed by atoms with Gasteiger partial charge in [0.1, 0.15) is 24.3 Å². The van der Waals surface area contributed by atoms with Gasteiger partial charge in [-0.1, -0.05) is 30.3 Å². The Labute approximate surface area is 193 Å². The molecular formula is C23H33N3O7. The highest BCUT2D eigenvalue weighted by Crippen LogP contribution is 2.33. The Bertz CT molecular complexity index is 819. The molecular weight excluding hydrogens is 430 g/mol. The molecule has 1 aromatic rings. The van der Waals surface area contributed by atoms with E-state index in [0.29, 0.717) is 6.42 Å². The van der Waals surface area contributed by atoms with E-state index in [-0.39, 0.29) is 25.5 Å². The minimum Gasteiger partial charge on any atom is -0.480 e. The van der Waals surface area contributed by atoms with Crippen LogP contribution < -0.4 is 16.0 Å². The third-order valence-electron chi connectivity index (χ3n) is 4.81. The van der Waals surface area contributed by atoms with Crippen LogP contribution in [-0.2, 0) is 25.7 Å². The first-order chi connectivity index (χ1) is 15.5. The monoisotopic (exact) mass is 463 g/mol. The summed E-state index contributed by atoms with van der Waals surface area (Å²) in [5.74, 6) is -1.80. The van der Waals surface area contributed by atoms with Crippen LogP contribution in [0.1, 0.15) is 52.0 Å². The lowest BCUT2D eigenvalue weighted by molar-refractivity contribution is -0.142. The van der Waals surface area contributed by atoms with Gasteiger partial charge >= 0.3 is 18.2 Å². The number of carbonyl (C=O) groups is 4. The molecule has 1 aliphatic rings. The van der Waals surface area contributed by atoms with Crippen molar-refractivity contribution in [3.8, 4) is 0 Å². The summed E-state index contributed by atoms with van der Waals surface area (Å²) in [4.78, 5) is 48.1. The van der Waals surface area contributed by atoms with Crippen molar-refractivity contribution >= 4 is 24.1 Å². The average Bonchev–Trinajstić information content (AvgIpc) is 3.57. The summed E-state index contributed by atoms with van der Waals surface area (Å²) in [7, 11) is 0. The zero-order valence-corrected chi connectivity index (χ0v) is 19.3. The Kier molecular flexibility index (Phi) is 9.50. The summed E-state index contributed by atoms with van der Waals surface area (Å²) in [6.45, 7) is 5.46. The fourth-order valence-electron chi connectivity index (χ4n) is 3.05. The van der Waals surface area contributed by atoms with Crippen molar-refractivity contribution in [2.45, 2.75) is 70.7 Å². The number of amides is 3. The molecule has 182 valence electrons. The maximum Gasteiger partial charge on any atom is 0.408 e. The van der Waals surface area contributed by atoms with E-state index in [1.165, 1.54) is 0 Å². The number of rotatable bonds is 11. The molecule has 0 saturated heterocycles. The van der Waals surface area contributed by atoms with E-state index in [1.807, 2.05) is 30.3 Å². The van der Waals surface area contributed by atoms with E-state index in [9.17, 15) is 24.3 Å². The van der Waals surface area contributed by atoms with Crippen LogP contribution in [0.25, 0.3) is 0 Å². The highest BCUT2D eigenvalue weighted by atomic mass is 16.6. The summed E-state index contributed by atoms with van der Waals surface area (Å²) >= 11 is 0. The first-order valence-corrected chi connectivity index (χ1v) is 11.0. The third-order valence-corrected chi connectivity index (χ3v) is 4.81. The van der Waals surface area contributed by atoms with Gasteiger partial charge in [0.25, 0.3) is 0 Å². The maximum atomic E-state index is 12.7. The second kappa shape index (κ2) is 12.1. The molecule has 0 heterocycles. The van der Waals surface area contributed by atoms with Crippen LogP contribution in [0.4, 0.5) is 9.59 Å². The van der Waals surface area contributed by atoms with Crippen LogP contribution in [-0.4, -0.2) is 53.4 Å². The molecule has 2 rings (SSSR count). The molecule has 33 heavy (non-hydrogen) atoms. The molecule has 0 unspecified atom stereocenters. The van der Waals surface area contributed by atoms with Crippen LogP contribution in [0, 0.1) is 5.92 Å². The molecule has 1 aliphatic carbocycles. The largest absolute Gasteiger partial charge is 0.480 e. The number of nitrogens with one attached hydrogen (secondary N) is 3. The van der Waals surface area contributed by atoms with Gasteiger partial charge in [-0.25, -0.2) is 14.4 Å². The van der Waals surface area contributed by atoms with E-state index >= 15 is 0 Å². The molecule has 3 amide bonds. The molecule has 2 atom stereocenters. The fraction of sp³-hybridized carbons (Fsp3) is 0.565. The quantitative estimate of drug-likeness (QED) is 0.369. The summed E-state index contributed by atoms with van der Waals surface area (Å²) in [6.07, 6.45) is 0.612. The Morgan fingerprint density at radius 3 is 2.30 bits per heavy atom. The zero-order valence-electron chi connectivity index (χ0n) is 19.3. The first kappa shape index (κ1) is 26.0. The molecule has 10 heteroatoms. The summed E-state index contributed by atoms with van der Waals surface area (Å²) in [6, 6.07) is 7.21. The van der Waals surface area contributed by atoms with E-state index < -0.39 is 41.7 Å². The van der Waals surface area contributed by atoms with Crippen molar-refractivity contribution in [2.75, 3.05) is 6.54 Å². The number of aliphatic carboxylic acids is 1. The molecule has 0 aliphatic heterocycles. The molecule has 10 nitrogen and oxygen atoms in total. The lowest BCUT2D eigenvalue weighted by Gasteiger charge is -2.24. The van der Waals surface area contributed by atoms with E-state index in [1.54, 1.807) is 20.8 Å². The molecule has 1 fully saturated rings. The number of alkyl carbamates (subject to hydrolysis) is 2. The predicted octanol–water partition coefficient (Wildman–Crippen LogP) is 2.57. The minimum atomic E-state index is -1.19. The van der Waals surface area contributed by atoms with Crippen LogP contribution in [0.5, 0.6) is 0 Å². The molecule has 1 aromatic carbocycles. The van der Waals surface area contributed by atoms with Crippen LogP contribution in [0.15, 0.2) is 30.3 Å². The lowest BCUT2D eigenvalue weighted by Crippen LogP contribution is -2.53. The van der Waals surface area contributed by atoms with Gasteiger partial charge < -0.3 is 30.5 Å². The zero-order chi connectivity index (χ0) is 24.4. The number of carboxylic acids is 1. The second-order valence-electron chi connectivity index (χ2n) is 8.99. The van der Waals surface area contributed by atoms with E-state index in [0.717, 1.165) is 18.4 Å². The molecule has 0 bridgehead atoms. The first-order valence-electron chi connectivity index (χ1n) is 11.0. The number of hydrogen-bond donors (Lipinski definition) is 4. The summed E-state index contributed by atoms with van der Waals surface area (Å²) in [5.41, 5.74) is 0.138. The topological polar surface area (TPSA) is 143 Å². The molecule has 1 saturated carbocycles. The minimum absolute atomic E-state index is 0.0481. The van der Waals surface area contributed by atoms with Gasteiger partial charge in [-0.05, 0) is 57.9 Å². The van der Waals surface area contributed by atoms with Gasteiger partial charge in [-0.15, -0.1) is 0 Å². The molecule has 4 N–H and O–H groups in total. The number of carbonyl (C=O) groups excluding carboxylic acids is 3. The number of ether oxygens (including phenoxy) is 2. The normalized spacial score (nSPS) is 15.0. The van der Waals surface area contributed by atoms with Crippen molar-refractivity contribution in [1.82, 2.24) is 16.0 Å². The fourth-order valence-corrected chi connectivity index (χ4v) is 3.05. The van der Waals surface area contributed by atoms with Gasteiger partial charge in [0.15, 0.2) is 0 Å². The Hall–Kier alpha value is -3.30. The van der Waals surface area contributed by atoms with Crippen molar-refractivity contribution in [1.29, 1.82) is 0 Å². The number of benzene rings is 1. The molecule has 0 spiro atoms.